The van der Waals surface area contributed by atoms with Gasteiger partial charge >= 0.3 is 0 Å². The van der Waals surface area contributed by atoms with Crippen LogP contribution in [-0.2, 0) is 16.0 Å². The second kappa shape index (κ2) is 6.09. The van der Waals surface area contributed by atoms with Crippen LogP contribution in [0.1, 0.15) is 13.3 Å². The van der Waals surface area contributed by atoms with E-state index in [1.807, 2.05) is 17.8 Å². The van der Waals surface area contributed by atoms with Crippen LogP contribution in [-0.4, -0.2) is 53.5 Å². The lowest BCUT2D eigenvalue weighted by atomic mass is 9.85. The zero-order chi connectivity index (χ0) is 12.1. The first-order valence-corrected chi connectivity index (χ1v) is 6.07. The smallest absolute Gasteiger partial charge is 0.0986 e. The molecule has 96 valence electrons. The Morgan fingerprint density at radius 3 is 3.06 bits per heavy atom. The fourth-order valence-electron chi connectivity index (χ4n) is 2.19. The highest BCUT2D eigenvalue weighted by Gasteiger charge is 2.41. The molecule has 1 fully saturated rings. The summed E-state index contributed by atoms with van der Waals surface area (Å²) in [5.74, 6) is 0. The number of hydrogen-bond donors (Lipinski definition) is 1. The van der Waals surface area contributed by atoms with Crippen molar-refractivity contribution in [2.24, 2.45) is 0 Å². The second-order valence-corrected chi connectivity index (χ2v) is 4.16. The predicted octanol–water partition coefficient (Wildman–Crippen LogP) is 0.0601. The Labute approximate surface area is 101 Å². The molecular formula is C11H20N4O2. The minimum Gasteiger partial charge on any atom is -0.377 e. The quantitative estimate of drug-likeness (QED) is 0.730. The van der Waals surface area contributed by atoms with E-state index in [0.717, 1.165) is 26.1 Å². The average molecular weight is 240 g/mol. The molecule has 3 atom stereocenters. The standard InChI is InChI=1S/C11H20N4O2/c1-3-17-10-8-9(11(10)16-2)12-4-6-15-7-5-13-14-15/h5,7,9-12H,3-4,6,8H2,1-2H3. The molecule has 1 heterocycles. The van der Waals surface area contributed by atoms with Gasteiger partial charge in [0.25, 0.3) is 0 Å². The molecule has 1 N–H and O–H groups in total. The summed E-state index contributed by atoms with van der Waals surface area (Å²) in [7, 11) is 1.74. The molecule has 1 aromatic rings. The van der Waals surface area contributed by atoms with E-state index in [4.69, 9.17) is 9.47 Å². The zero-order valence-electron chi connectivity index (χ0n) is 10.4. The van der Waals surface area contributed by atoms with E-state index in [9.17, 15) is 0 Å². The SMILES string of the molecule is CCOC1CC(NCCn2ccnn2)C1OC. The lowest BCUT2D eigenvalue weighted by molar-refractivity contribution is -0.131. The van der Waals surface area contributed by atoms with Gasteiger partial charge in [-0.05, 0) is 13.3 Å². The number of hydrogen-bond acceptors (Lipinski definition) is 5. The van der Waals surface area contributed by atoms with Crippen LogP contribution in [0.2, 0.25) is 0 Å². The number of aromatic nitrogens is 3. The molecule has 6 heteroatoms. The molecule has 3 unspecified atom stereocenters. The molecule has 0 aliphatic heterocycles. The van der Waals surface area contributed by atoms with Crippen LogP contribution in [0.3, 0.4) is 0 Å². The molecule has 17 heavy (non-hydrogen) atoms. The van der Waals surface area contributed by atoms with Gasteiger partial charge in [-0.3, -0.25) is 4.68 Å². The van der Waals surface area contributed by atoms with Gasteiger partial charge in [0, 0.05) is 32.5 Å². The number of rotatable bonds is 7. The van der Waals surface area contributed by atoms with Crippen LogP contribution in [0.4, 0.5) is 0 Å². The lowest BCUT2D eigenvalue weighted by Crippen LogP contribution is -2.60. The molecular weight excluding hydrogens is 220 g/mol. The van der Waals surface area contributed by atoms with Gasteiger partial charge in [-0.1, -0.05) is 5.21 Å². The molecule has 1 aromatic heterocycles. The molecule has 1 aliphatic rings. The van der Waals surface area contributed by atoms with Crippen molar-refractivity contribution in [1.82, 2.24) is 20.3 Å². The molecule has 0 bridgehead atoms. The van der Waals surface area contributed by atoms with Crippen molar-refractivity contribution in [3.8, 4) is 0 Å². The van der Waals surface area contributed by atoms with Gasteiger partial charge in [0.15, 0.2) is 0 Å². The van der Waals surface area contributed by atoms with Crippen molar-refractivity contribution in [2.45, 2.75) is 38.1 Å². The van der Waals surface area contributed by atoms with E-state index < -0.39 is 0 Å². The summed E-state index contributed by atoms with van der Waals surface area (Å²) in [4.78, 5) is 0. The van der Waals surface area contributed by atoms with Gasteiger partial charge in [0.2, 0.25) is 0 Å². The first-order valence-electron chi connectivity index (χ1n) is 6.07. The Morgan fingerprint density at radius 1 is 1.53 bits per heavy atom. The van der Waals surface area contributed by atoms with E-state index >= 15 is 0 Å². The van der Waals surface area contributed by atoms with E-state index in [0.29, 0.717) is 6.04 Å². The van der Waals surface area contributed by atoms with Crippen LogP contribution >= 0.6 is 0 Å². The highest BCUT2D eigenvalue weighted by atomic mass is 16.5. The third-order valence-electron chi connectivity index (χ3n) is 3.12. The molecule has 0 amide bonds. The number of nitrogens with zero attached hydrogens (tertiary/aromatic N) is 3. The fraction of sp³-hybridized carbons (Fsp3) is 0.818. The van der Waals surface area contributed by atoms with Crippen molar-refractivity contribution < 1.29 is 9.47 Å². The molecule has 0 spiro atoms. The number of ether oxygens (including phenoxy) is 2. The van der Waals surface area contributed by atoms with Gasteiger partial charge in [0.05, 0.1) is 24.9 Å². The summed E-state index contributed by atoms with van der Waals surface area (Å²) in [6.45, 7) is 4.45. The van der Waals surface area contributed by atoms with E-state index in [2.05, 4.69) is 15.6 Å². The third-order valence-corrected chi connectivity index (χ3v) is 3.12. The maximum atomic E-state index is 5.57. The Hall–Kier alpha value is -0.980. The first-order chi connectivity index (χ1) is 8.35. The minimum absolute atomic E-state index is 0.172. The summed E-state index contributed by atoms with van der Waals surface area (Å²) in [6.07, 6.45) is 4.98. The van der Waals surface area contributed by atoms with E-state index in [1.165, 1.54) is 0 Å². The Kier molecular flexibility index (Phi) is 4.47. The van der Waals surface area contributed by atoms with Crippen molar-refractivity contribution in [1.29, 1.82) is 0 Å². The van der Waals surface area contributed by atoms with Gasteiger partial charge < -0.3 is 14.8 Å². The summed E-state index contributed by atoms with van der Waals surface area (Å²) >= 11 is 0. The van der Waals surface area contributed by atoms with Crippen molar-refractivity contribution in [3.05, 3.63) is 12.4 Å². The number of nitrogens with one attached hydrogen (secondary N) is 1. The highest BCUT2D eigenvalue weighted by Crippen LogP contribution is 2.26. The van der Waals surface area contributed by atoms with Crippen LogP contribution in [0, 0.1) is 0 Å². The summed E-state index contributed by atoms with van der Waals surface area (Å²) in [5.41, 5.74) is 0. The normalized spacial score (nSPS) is 28.0. The molecule has 0 aromatic carbocycles. The minimum atomic E-state index is 0.172. The van der Waals surface area contributed by atoms with Crippen LogP contribution < -0.4 is 5.32 Å². The van der Waals surface area contributed by atoms with E-state index in [1.54, 1.807) is 13.3 Å². The topological polar surface area (TPSA) is 61.2 Å². The maximum Gasteiger partial charge on any atom is 0.0986 e. The van der Waals surface area contributed by atoms with Gasteiger partial charge in [-0.2, -0.15) is 0 Å². The molecule has 6 nitrogen and oxygen atoms in total. The van der Waals surface area contributed by atoms with Crippen molar-refractivity contribution >= 4 is 0 Å². The molecule has 1 aliphatic carbocycles. The van der Waals surface area contributed by atoms with Crippen LogP contribution in [0.25, 0.3) is 0 Å². The van der Waals surface area contributed by atoms with Gasteiger partial charge in [-0.25, -0.2) is 0 Å². The fourth-order valence-corrected chi connectivity index (χ4v) is 2.19. The Morgan fingerprint density at radius 2 is 2.41 bits per heavy atom. The van der Waals surface area contributed by atoms with Gasteiger partial charge in [0.1, 0.15) is 0 Å². The molecule has 0 saturated heterocycles. The monoisotopic (exact) mass is 240 g/mol. The van der Waals surface area contributed by atoms with Crippen molar-refractivity contribution in [3.63, 3.8) is 0 Å². The Balaban J connectivity index is 1.66. The average Bonchev–Trinajstić information content (AvgIpc) is 2.80. The van der Waals surface area contributed by atoms with Crippen molar-refractivity contribution in [2.75, 3.05) is 20.3 Å². The largest absolute Gasteiger partial charge is 0.377 e. The summed E-state index contributed by atoms with van der Waals surface area (Å²) in [5, 5.41) is 11.1. The molecule has 0 radical (unpaired) electrons. The van der Waals surface area contributed by atoms with Crippen LogP contribution in [0.15, 0.2) is 12.4 Å². The zero-order valence-corrected chi connectivity index (χ0v) is 10.4. The third kappa shape index (κ3) is 3.02. The number of methoxy groups -OCH3 is 1. The highest BCUT2D eigenvalue weighted by molar-refractivity contribution is 4.96. The predicted molar refractivity (Wildman–Crippen MR) is 62.6 cm³/mol. The summed E-state index contributed by atoms with van der Waals surface area (Å²) < 4.78 is 12.8. The summed E-state index contributed by atoms with van der Waals surface area (Å²) in [6, 6.07) is 0.389. The first kappa shape index (κ1) is 12.5. The van der Waals surface area contributed by atoms with Crippen LogP contribution in [0.5, 0.6) is 0 Å². The molecule has 2 rings (SSSR count). The lowest BCUT2D eigenvalue weighted by Gasteiger charge is -2.43. The maximum absolute atomic E-state index is 5.57. The second-order valence-electron chi connectivity index (χ2n) is 4.16. The van der Waals surface area contributed by atoms with E-state index in [-0.39, 0.29) is 12.2 Å². The Bertz CT molecular complexity index is 317. The molecule has 1 saturated carbocycles. The van der Waals surface area contributed by atoms with Gasteiger partial charge in [-0.15, -0.1) is 5.10 Å².